The van der Waals surface area contributed by atoms with Crippen molar-refractivity contribution < 1.29 is 22.7 Å². The number of anilines is 1. The van der Waals surface area contributed by atoms with Crippen LogP contribution in [0.3, 0.4) is 0 Å². The molecule has 0 saturated carbocycles. The number of rotatable bonds is 3. The molecule has 2 atom stereocenters. The minimum absolute atomic E-state index is 0.0591. The number of benzene rings is 1. The lowest BCUT2D eigenvalue weighted by atomic mass is 10.0. The number of nitrogens with zero attached hydrogens (tertiary/aromatic N) is 1. The third kappa shape index (κ3) is 3.38. The molecule has 1 fully saturated rings. The summed E-state index contributed by atoms with van der Waals surface area (Å²) < 4.78 is 28.8. The van der Waals surface area contributed by atoms with Gasteiger partial charge >= 0.3 is 0 Å². The van der Waals surface area contributed by atoms with E-state index in [2.05, 4.69) is 5.32 Å². The maximum absolute atomic E-state index is 12.7. The molecule has 24 heavy (non-hydrogen) atoms. The second-order valence-corrected chi connectivity index (χ2v) is 8.39. The van der Waals surface area contributed by atoms with Crippen LogP contribution in [-0.4, -0.2) is 51.4 Å². The molecule has 2 aliphatic heterocycles. The van der Waals surface area contributed by atoms with E-state index in [-0.39, 0.29) is 42.2 Å². The predicted molar refractivity (Wildman–Crippen MR) is 88.7 cm³/mol. The lowest BCUT2D eigenvalue weighted by molar-refractivity contribution is -0.128. The molecule has 1 aromatic carbocycles. The number of ether oxygens (including phenoxy) is 1. The number of para-hydroxylation sites is 2. The summed E-state index contributed by atoms with van der Waals surface area (Å²) in [4.78, 5) is 26.2. The number of carbonyl (C=O) groups is 2. The van der Waals surface area contributed by atoms with Gasteiger partial charge in [0, 0.05) is 13.5 Å². The van der Waals surface area contributed by atoms with E-state index in [1.165, 1.54) is 11.9 Å². The standard InChI is InChI=1S/C16H20N2O5S/c1-17-16(20)14-9-18(12-4-2-3-5-13(12)23-14)15(19)8-11-6-7-24(21,22)10-11/h2-5,11,14H,6-10H2,1H3,(H,17,20)/t11-,14+/m0/s1. The Hall–Kier alpha value is -2.09. The van der Waals surface area contributed by atoms with Crippen LogP contribution < -0.4 is 15.0 Å². The van der Waals surface area contributed by atoms with Gasteiger partial charge in [-0.1, -0.05) is 12.1 Å². The van der Waals surface area contributed by atoms with Crippen LogP contribution in [0.15, 0.2) is 24.3 Å². The van der Waals surface area contributed by atoms with Crippen molar-refractivity contribution in [3.8, 4) is 5.75 Å². The summed E-state index contributed by atoms with van der Waals surface area (Å²) in [5.74, 6) is 0.0444. The molecule has 0 unspecified atom stereocenters. The number of amides is 2. The number of hydrogen-bond donors (Lipinski definition) is 1. The summed E-state index contributed by atoms with van der Waals surface area (Å²) in [6, 6.07) is 7.05. The fourth-order valence-electron chi connectivity index (χ4n) is 3.16. The first kappa shape index (κ1) is 16.8. The highest BCUT2D eigenvalue weighted by Crippen LogP contribution is 2.34. The van der Waals surface area contributed by atoms with Gasteiger partial charge in [-0.3, -0.25) is 9.59 Å². The largest absolute Gasteiger partial charge is 0.477 e. The van der Waals surface area contributed by atoms with Gasteiger partial charge < -0.3 is 15.0 Å². The highest BCUT2D eigenvalue weighted by Gasteiger charge is 2.36. The van der Waals surface area contributed by atoms with Crippen molar-refractivity contribution in [3.05, 3.63) is 24.3 Å². The van der Waals surface area contributed by atoms with Gasteiger partial charge in [0.1, 0.15) is 5.75 Å². The molecule has 0 spiro atoms. The molecule has 2 aliphatic rings. The third-order valence-electron chi connectivity index (χ3n) is 4.40. The molecular weight excluding hydrogens is 332 g/mol. The highest BCUT2D eigenvalue weighted by molar-refractivity contribution is 7.91. The average molecular weight is 352 g/mol. The average Bonchev–Trinajstić information content (AvgIpc) is 2.91. The second kappa shape index (κ2) is 6.43. The predicted octanol–water partition coefficient (Wildman–Crippen LogP) is 0.351. The normalized spacial score (nSPS) is 24.8. The van der Waals surface area contributed by atoms with Crippen molar-refractivity contribution in [1.29, 1.82) is 0 Å². The van der Waals surface area contributed by atoms with Gasteiger partial charge in [-0.05, 0) is 24.5 Å². The van der Waals surface area contributed by atoms with E-state index in [0.29, 0.717) is 17.9 Å². The maximum atomic E-state index is 12.7. The van der Waals surface area contributed by atoms with Gasteiger partial charge in [0.2, 0.25) is 5.91 Å². The van der Waals surface area contributed by atoms with Crippen LogP contribution in [0.1, 0.15) is 12.8 Å². The van der Waals surface area contributed by atoms with E-state index in [9.17, 15) is 18.0 Å². The van der Waals surface area contributed by atoms with E-state index in [1.54, 1.807) is 24.3 Å². The summed E-state index contributed by atoms with van der Waals surface area (Å²) in [6.07, 6.45) is -0.103. The summed E-state index contributed by atoms with van der Waals surface area (Å²) in [6.45, 7) is 0.120. The Morgan fingerprint density at radius 2 is 2.08 bits per heavy atom. The first-order valence-electron chi connectivity index (χ1n) is 7.87. The monoisotopic (exact) mass is 352 g/mol. The molecule has 1 saturated heterocycles. The molecule has 7 nitrogen and oxygen atoms in total. The van der Waals surface area contributed by atoms with Crippen LogP contribution in [-0.2, 0) is 19.4 Å². The van der Waals surface area contributed by atoms with Crippen molar-refractivity contribution in [3.63, 3.8) is 0 Å². The fraction of sp³-hybridized carbons (Fsp3) is 0.500. The zero-order valence-electron chi connectivity index (χ0n) is 13.4. The number of hydrogen-bond acceptors (Lipinski definition) is 5. The van der Waals surface area contributed by atoms with E-state index in [1.807, 2.05) is 0 Å². The van der Waals surface area contributed by atoms with Crippen molar-refractivity contribution in [2.75, 3.05) is 30.0 Å². The van der Waals surface area contributed by atoms with Gasteiger partial charge in [0.05, 0.1) is 23.7 Å². The quantitative estimate of drug-likeness (QED) is 0.847. The molecule has 3 rings (SSSR count). The fourth-order valence-corrected chi connectivity index (χ4v) is 5.02. The van der Waals surface area contributed by atoms with Crippen LogP contribution in [0.5, 0.6) is 5.75 Å². The van der Waals surface area contributed by atoms with Crippen molar-refractivity contribution in [2.24, 2.45) is 5.92 Å². The Morgan fingerprint density at radius 3 is 2.75 bits per heavy atom. The zero-order valence-corrected chi connectivity index (χ0v) is 14.2. The van der Waals surface area contributed by atoms with Crippen molar-refractivity contribution in [1.82, 2.24) is 5.32 Å². The molecule has 2 amide bonds. The molecular formula is C16H20N2O5S. The Labute approximate surface area is 140 Å². The van der Waals surface area contributed by atoms with Crippen molar-refractivity contribution in [2.45, 2.75) is 18.9 Å². The van der Waals surface area contributed by atoms with E-state index < -0.39 is 15.9 Å². The number of likely N-dealkylation sites (N-methyl/N-ethyl adjacent to an activating group) is 1. The number of sulfone groups is 1. The minimum Gasteiger partial charge on any atom is -0.477 e. The van der Waals surface area contributed by atoms with Crippen LogP contribution in [0.25, 0.3) is 0 Å². The van der Waals surface area contributed by atoms with Crippen LogP contribution in [0.4, 0.5) is 5.69 Å². The molecule has 0 aromatic heterocycles. The van der Waals surface area contributed by atoms with Crippen LogP contribution in [0.2, 0.25) is 0 Å². The van der Waals surface area contributed by atoms with E-state index in [0.717, 1.165) is 0 Å². The summed E-state index contributed by atoms with van der Waals surface area (Å²) in [5, 5.41) is 2.53. The SMILES string of the molecule is CNC(=O)[C@H]1CN(C(=O)C[C@@H]2CCS(=O)(=O)C2)c2ccccc2O1. The lowest BCUT2D eigenvalue weighted by Gasteiger charge is -2.34. The summed E-state index contributed by atoms with van der Waals surface area (Å²) in [5.41, 5.74) is 0.614. The zero-order chi connectivity index (χ0) is 17.3. The van der Waals surface area contributed by atoms with Gasteiger partial charge in [-0.25, -0.2) is 8.42 Å². The van der Waals surface area contributed by atoms with E-state index >= 15 is 0 Å². The van der Waals surface area contributed by atoms with E-state index in [4.69, 9.17) is 4.74 Å². The molecule has 0 aliphatic carbocycles. The Morgan fingerprint density at radius 1 is 1.33 bits per heavy atom. The van der Waals surface area contributed by atoms with Crippen LogP contribution >= 0.6 is 0 Å². The summed E-state index contributed by atoms with van der Waals surface area (Å²) >= 11 is 0. The van der Waals surface area contributed by atoms with Gasteiger partial charge in [0.25, 0.3) is 5.91 Å². The first-order chi connectivity index (χ1) is 11.4. The highest BCUT2D eigenvalue weighted by atomic mass is 32.2. The summed E-state index contributed by atoms with van der Waals surface area (Å²) in [7, 11) is -1.50. The Bertz CT molecular complexity index is 761. The molecule has 8 heteroatoms. The lowest BCUT2D eigenvalue weighted by Crippen LogP contribution is -2.50. The Balaban J connectivity index is 1.80. The van der Waals surface area contributed by atoms with Gasteiger partial charge in [0.15, 0.2) is 15.9 Å². The molecule has 0 bridgehead atoms. The maximum Gasteiger partial charge on any atom is 0.262 e. The van der Waals surface area contributed by atoms with Crippen LogP contribution in [0, 0.1) is 5.92 Å². The molecule has 2 heterocycles. The number of carbonyl (C=O) groups excluding carboxylic acids is 2. The van der Waals surface area contributed by atoms with Gasteiger partial charge in [-0.15, -0.1) is 0 Å². The third-order valence-corrected chi connectivity index (χ3v) is 6.24. The molecule has 130 valence electrons. The molecule has 0 radical (unpaired) electrons. The van der Waals surface area contributed by atoms with Gasteiger partial charge in [-0.2, -0.15) is 0 Å². The van der Waals surface area contributed by atoms with Crippen molar-refractivity contribution >= 4 is 27.3 Å². The number of nitrogens with one attached hydrogen (secondary N) is 1. The minimum atomic E-state index is -3.02. The first-order valence-corrected chi connectivity index (χ1v) is 9.70. The second-order valence-electron chi connectivity index (χ2n) is 6.17. The topological polar surface area (TPSA) is 92.8 Å². The molecule has 1 aromatic rings. The Kier molecular flexibility index (Phi) is 4.49. The number of fused-ring (bicyclic) bond motifs is 1. The molecule has 1 N–H and O–H groups in total. The smallest absolute Gasteiger partial charge is 0.262 e.